The van der Waals surface area contributed by atoms with Crippen molar-refractivity contribution in [1.82, 2.24) is 14.8 Å². The lowest BCUT2D eigenvalue weighted by molar-refractivity contribution is -0.136. The second kappa shape index (κ2) is 6.10. The summed E-state index contributed by atoms with van der Waals surface area (Å²) in [5.41, 5.74) is 3.43. The normalized spacial score (nSPS) is 24.5. The Hall–Kier alpha value is -2.07. The first kappa shape index (κ1) is 15.5. The zero-order valence-electron chi connectivity index (χ0n) is 14.3. The van der Waals surface area contributed by atoms with Gasteiger partial charge in [-0.25, -0.2) is 0 Å². The number of aryl methyl sites for hydroxylation is 1. The number of carbonyl (C=O) groups excluding carboxylic acids is 1. The molecule has 126 valence electrons. The SMILES string of the molecule is Cn1cccc1CN1CCCCC12Cc1ccccc1CNC2=O. The highest BCUT2D eigenvalue weighted by Crippen LogP contribution is 2.35. The monoisotopic (exact) mass is 323 g/mol. The zero-order valence-corrected chi connectivity index (χ0v) is 14.3. The number of hydrogen-bond acceptors (Lipinski definition) is 2. The number of aromatic nitrogens is 1. The average molecular weight is 323 g/mol. The topological polar surface area (TPSA) is 37.3 Å². The molecule has 0 radical (unpaired) electrons. The maximum Gasteiger partial charge on any atom is 0.241 e. The molecule has 24 heavy (non-hydrogen) atoms. The van der Waals surface area contributed by atoms with Crippen LogP contribution < -0.4 is 5.32 Å². The highest BCUT2D eigenvalue weighted by Gasteiger charge is 2.46. The van der Waals surface area contributed by atoms with Gasteiger partial charge in [-0.1, -0.05) is 24.3 Å². The molecule has 1 atom stereocenters. The summed E-state index contributed by atoms with van der Waals surface area (Å²) < 4.78 is 2.16. The van der Waals surface area contributed by atoms with E-state index >= 15 is 0 Å². The summed E-state index contributed by atoms with van der Waals surface area (Å²) in [5, 5.41) is 3.20. The van der Waals surface area contributed by atoms with Gasteiger partial charge in [0, 0.05) is 38.4 Å². The number of amides is 1. The first-order valence-electron chi connectivity index (χ1n) is 8.89. The molecule has 0 saturated carbocycles. The molecule has 1 amide bonds. The Balaban J connectivity index is 1.71. The smallest absolute Gasteiger partial charge is 0.241 e. The van der Waals surface area contributed by atoms with Crippen LogP contribution in [-0.2, 0) is 31.4 Å². The van der Waals surface area contributed by atoms with Crippen LogP contribution in [0.3, 0.4) is 0 Å². The summed E-state index contributed by atoms with van der Waals surface area (Å²) in [6.45, 7) is 2.47. The maximum atomic E-state index is 13.1. The van der Waals surface area contributed by atoms with Gasteiger partial charge in [-0.3, -0.25) is 9.69 Å². The second-order valence-electron chi connectivity index (χ2n) is 7.15. The number of rotatable bonds is 2. The van der Waals surface area contributed by atoms with E-state index in [2.05, 4.69) is 64.4 Å². The van der Waals surface area contributed by atoms with Crippen LogP contribution in [0.25, 0.3) is 0 Å². The number of piperidine rings is 1. The Kier molecular flexibility index (Phi) is 3.93. The van der Waals surface area contributed by atoms with Crippen LogP contribution in [0.1, 0.15) is 36.1 Å². The number of carbonyl (C=O) groups is 1. The fourth-order valence-electron chi connectivity index (χ4n) is 4.27. The summed E-state index contributed by atoms with van der Waals surface area (Å²) in [7, 11) is 2.08. The molecule has 4 heteroatoms. The molecular formula is C20H25N3O. The minimum absolute atomic E-state index is 0.201. The summed E-state index contributed by atoms with van der Waals surface area (Å²) in [6, 6.07) is 12.7. The van der Waals surface area contributed by atoms with E-state index in [1.54, 1.807) is 0 Å². The van der Waals surface area contributed by atoms with Crippen LogP contribution in [0.15, 0.2) is 42.6 Å². The minimum atomic E-state index is -0.408. The third kappa shape index (κ3) is 2.55. The van der Waals surface area contributed by atoms with Gasteiger partial charge in [-0.2, -0.15) is 0 Å². The van der Waals surface area contributed by atoms with Gasteiger partial charge in [0.15, 0.2) is 0 Å². The predicted octanol–water partition coefficient (Wildman–Crippen LogP) is 2.62. The van der Waals surface area contributed by atoms with Crippen molar-refractivity contribution in [1.29, 1.82) is 0 Å². The summed E-state index contributed by atoms with van der Waals surface area (Å²) >= 11 is 0. The van der Waals surface area contributed by atoms with Crippen molar-refractivity contribution in [2.24, 2.45) is 7.05 Å². The van der Waals surface area contributed by atoms with E-state index < -0.39 is 5.54 Å². The van der Waals surface area contributed by atoms with Crippen LogP contribution in [0, 0.1) is 0 Å². The molecule has 2 aromatic rings. The van der Waals surface area contributed by atoms with Crippen LogP contribution in [0.2, 0.25) is 0 Å². The van der Waals surface area contributed by atoms with E-state index in [0.717, 1.165) is 32.4 Å². The molecule has 0 aliphatic carbocycles. The number of hydrogen-bond donors (Lipinski definition) is 1. The van der Waals surface area contributed by atoms with Crippen LogP contribution in [0.4, 0.5) is 0 Å². The highest BCUT2D eigenvalue weighted by atomic mass is 16.2. The number of benzene rings is 1. The zero-order chi connectivity index (χ0) is 16.6. The summed E-state index contributed by atoms with van der Waals surface area (Å²) in [4.78, 5) is 15.5. The van der Waals surface area contributed by atoms with Crippen molar-refractivity contribution in [2.75, 3.05) is 6.54 Å². The third-order valence-corrected chi connectivity index (χ3v) is 5.74. The lowest BCUT2D eigenvalue weighted by Crippen LogP contribution is -2.61. The number of likely N-dealkylation sites (tertiary alicyclic amines) is 1. The Bertz CT molecular complexity index is 751. The highest BCUT2D eigenvalue weighted by molar-refractivity contribution is 5.87. The van der Waals surface area contributed by atoms with Crippen molar-refractivity contribution in [3.63, 3.8) is 0 Å². The van der Waals surface area contributed by atoms with Crippen molar-refractivity contribution < 1.29 is 4.79 Å². The molecule has 1 saturated heterocycles. The lowest BCUT2D eigenvalue weighted by Gasteiger charge is -2.45. The Morgan fingerprint density at radius 2 is 1.96 bits per heavy atom. The third-order valence-electron chi connectivity index (χ3n) is 5.74. The molecule has 2 aliphatic rings. The Morgan fingerprint density at radius 1 is 1.12 bits per heavy atom. The number of fused-ring (bicyclic) bond motifs is 1. The van der Waals surface area contributed by atoms with Crippen LogP contribution >= 0.6 is 0 Å². The Labute approximate surface area is 143 Å². The Morgan fingerprint density at radius 3 is 2.75 bits per heavy atom. The standard InChI is InChI=1S/C20H25N3O/c1-22-11-6-9-18(22)15-23-12-5-4-10-20(23)13-16-7-2-3-8-17(16)14-21-19(20)24/h2-3,6-9,11H,4-5,10,12-15H2,1H3,(H,21,24). The second-order valence-corrected chi connectivity index (χ2v) is 7.15. The van der Waals surface area contributed by atoms with Crippen molar-refractivity contribution in [2.45, 2.75) is 44.3 Å². The molecule has 2 aliphatic heterocycles. The maximum absolute atomic E-state index is 13.1. The summed E-state index contributed by atoms with van der Waals surface area (Å²) in [5.74, 6) is 0.201. The fourth-order valence-corrected chi connectivity index (χ4v) is 4.27. The molecular weight excluding hydrogens is 298 g/mol. The molecule has 4 nitrogen and oxygen atoms in total. The largest absolute Gasteiger partial charge is 0.353 e. The molecule has 1 aromatic heterocycles. The lowest BCUT2D eigenvalue weighted by atomic mass is 9.80. The van der Waals surface area contributed by atoms with Crippen LogP contribution in [0.5, 0.6) is 0 Å². The predicted molar refractivity (Wildman–Crippen MR) is 94.4 cm³/mol. The van der Waals surface area contributed by atoms with Gasteiger partial charge in [-0.05, 0) is 49.1 Å². The van der Waals surface area contributed by atoms with Gasteiger partial charge >= 0.3 is 0 Å². The van der Waals surface area contributed by atoms with E-state index in [-0.39, 0.29) is 5.91 Å². The average Bonchev–Trinajstić information content (AvgIpc) is 2.94. The molecule has 1 unspecified atom stereocenters. The molecule has 1 aromatic carbocycles. The van der Waals surface area contributed by atoms with E-state index in [1.807, 2.05) is 0 Å². The minimum Gasteiger partial charge on any atom is -0.353 e. The van der Waals surface area contributed by atoms with E-state index in [4.69, 9.17) is 0 Å². The molecule has 1 fully saturated rings. The van der Waals surface area contributed by atoms with Gasteiger partial charge < -0.3 is 9.88 Å². The van der Waals surface area contributed by atoms with Gasteiger partial charge in [0.1, 0.15) is 5.54 Å². The van der Waals surface area contributed by atoms with Crippen molar-refractivity contribution in [3.8, 4) is 0 Å². The van der Waals surface area contributed by atoms with Crippen molar-refractivity contribution >= 4 is 5.91 Å². The molecule has 1 spiro atoms. The molecule has 1 N–H and O–H groups in total. The van der Waals surface area contributed by atoms with E-state index in [0.29, 0.717) is 6.54 Å². The first-order chi connectivity index (χ1) is 11.7. The number of nitrogens with zero attached hydrogens (tertiary/aromatic N) is 2. The number of nitrogens with one attached hydrogen (secondary N) is 1. The van der Waals surface area contributed by atoms with Gasteiger partial charge in [-0.15, -0.1) is 0 Å². The van der Waals surface area contributed by atoms with Crippen molar-refractivity contribution in [3.05, 3.63) is 59.4 Å². The summed E-state index contributed by atoms with van der Waals surface area (Å²) in [6.07, 6.45) is 6.13. The molecule has 4 rings (SSSR count). The van der Waals surface area contributed by atoms with Crippen LogP contribution in [-0.4, -0.2) is 27.5 Å². The first-order valence-corrected chi connectivity index (χ1v) is 8.89. The van der Waals surface area contributed by atoms with Gasteiger partial charge in [0.05, 0.1) is 0 Å². The fraction of sp³-hybridized carbons (Fsp3) is 0.450. The van der Waals surface area contributed by atoms with E-state index in [9.17, 15) is 4.79 Å². The van der Waals surface area contributed by atoms with E-state index in [1.165, 1.54) is 23.2 Å². The van der Waals surface area contributed by atoms with Gasteiger partial charge in [0.2, 0.25) is 5.91 Å². The van der Waals surface area contributed by atoms with Gasteiger partial charge in [0.25, 0.3) is 0 Å². The molecule has 0 bridgehead atoms. The quantitative estimate of drug-likeness (QED) is 0.922. The molecule has 3 heterocycles.